The lowest BCUT2D eigenvalue weighted by Crippen LogP contribution is -1.97. The number of ether oxygens (including phenoxy) is 1. The zero-order chi connectivity index (χ0) is 12.6. The highest BCUT2D eigenvalue weighted by molar-refractivity contribution is 6.31. The number of anilines is 1. The van der Waals surface area contributed by atoms with Crippen molar-refractivity contribution in [2.75, 3.05) is 12.8 Å². The van der Waals surface area contributed by atoms with Gasteiger partial charge in [-0.15, -0.1) is 0 Å². The van der Waals surface area contributed by atoms with Crippen LogP contribution in [0.5, 0.6) is 5.75 Å². The molecule has 0 atom stereocenters. The maximum atomic E-state index is 13.7. The highest BCUT2D eigenvalue weighted by Gasteiger charge is 2.16. The Morgan fingerprint density at radius 3 is 2.71 bits per heavy atom. The Morgan fingerprint density at radius 1 is 1.47 bits per heavy atom. The van der Waals surface area contributed by atoms with Crippen molar-refractivity contribution in [1.29, 1.82) is 0 Å². The predicted octanol–water partition coefficient (Wildman–Crippen LogP) is 2.47. The third-order valence-electron chi connectivity index (χ3n) is 2.45. The second-order valence-electron chi connectivity index (χ2n) is 3.52. The number of rotatable bonds is 2. The number of benzene rings is 1. The highest BCUT2D eigenvalue weighted by Crippen LogP contribution is 2.35. The smallest absolute Gasteiger partial charge is 0.184 e. The first-order valence-corrected chi connectivity index (χ1v) is 5.24. The summed E-state index contributed by atoms with van der Waals surface area (Å²) in [5.74, 6) is -0.0519. The van der Waals surface area contributed by atoms with Crippen LogP contribution in [0.25, 0.3) is 11.3 Å². The van der Waals surface area contributed by atoms with E-state index in [0.717, 1.165) is 0 Å². The van der Waals surface area contributed by atoms with E-state index in [9.17, 15) is 4.39 Å². The van der Waals surface area contributed by atoms with E-state index in [1.165, 1.54) is 17.9 Å². The summed E-state index contributed by atoms with van der Waals surface area (Å²) in [4.78, 5) is 0. The predicted molar refractivity (Wildman–Crippen MR) is 64.6 cm³/mol. The summed E-state index contributed by atoms with van der Waals surface area (Å²) in [6.45, 7) is 0. The van der Waals surface area contributed by atoms with E-state index in [0.29, 0.717) is 17.1 Å². The van der Waals surface area contributed by atoms with Crippen molar-refractivity contribution in [2.24, 2.45) is 7.05 Å². The van der Waals surface area contributed by atoms with Crippen LogP contribution in [0.1, 0.15) is 0 Å². The molecule has 0 radical (unpaired) electrons. The van der Waals surface area contributed by atoms with Crippen LogP contribution in [-0.2, 0) is 7.05 Å². The molecule has 0 saturated carbocycles. The maximum absolute atomic E-state index is 13.7. The summed E-state index contributed by atoms with van der Waals surface area (Å²) in [5, 5.41) is 4.17. The zero-order valence-electron chi connectivity index (χ0n) is 9.37. The minimum absolute atomic E-state index is 0.00880. The first kappa shape index (κ1) is 11.7. The fourth-order valence-corrected chi connectivity index (χ4v) is 1.70. The summed E-state index contributed by atoms with van der Waals surface area (Å²) in [6.07, 6.45) is 0. The molecule has 1 heterocycles. The lowest BCUT2D eigenvalue weighted by Gasteiger charge is -2.08. The van der Waals surface area contributed by atoms with Crippen LogP contribution < -0.4 is 10.5 Å². The minimum Gasteiger partial charge on any atom is -0.493 e. The molecule has 0 unspecified atom stereocenters. The molecule has 2 rings (SSSR count). The Labute approximate surface area is 103 Å². The van der Waals surface area contributed by atoms with Gasteiger partial charge < -0.3 is 10.5 Å². The van der Waals surface area contributed by atoms with Crippen LogP contribution in [0.4, 0.5) is 10.2 Å². The number of methoxy groups -OCH3 is 1. The Kier molecular flexibility index (Phi) is 2.93. The van der Waals surface area contributed by atoms with E-state index in [4.69, 9.17) is 22.1 Å². The molecule has 6 heteroatoms. The molecule has 0 aliphatic heterocycles. The second-order valence-corrected chi connectivity index (χ2v) is 3.93. The number of nitrogen functional groups attached to an aromatic ring is 1. The quantitative estimate of drug-likeness (QED) is 0.897. The molecule has 2 aromatic rings. The average Bonchev–Trinajstić information content (AvgIpc) is 2.62. The SMILES string of the molecule is COc1c(-c2cc(N)n(C)n2)ccc(Cl)c1F. The fourth-order valence-electron chi connectivity index (χ4n) is 1.55. The van der Waals surface area contributed by atoms with Crippen LogP contribution >= 0.6 is 11.6 Å². The molecule has 4 nitrogen and oxygen atoms in total. The summed E-state index contributed by atoms with van der Waals surface area (Å²) in [6, 6.07) is 4.75. The molecule has 0 bridgehead atoms. The van der Waals surface area contributed by atoms with Gasteiger partial charge in [-0.05, 0) is 12.1 Å². The lowest BCUT2D eigenvalue weighted by atomic mass is 10.1. The van der Waals surface area contributed by atoms with Gasteiger partial charge in [0.15, 0.2) is 11.6 Å². The fraction of sp³-hybridized carbons (Fsp3) is 0.182. The largest absolute Gasteiger partial charge is 0.493 e. The van der Waals surface area contributed by atoms with Crippen molar-refractivity contribution in [2.45, 2.75) is 0 Å². The molecule has 0 saturated heterocycles. The van der Waals surface area contributed by atoms with E-state index in [1.54, 1.807) is 19.2 Å². The standard InChI is InChI=1S/C11H11ClFN3O/c1-16-9(14)5-8(15-16)6-3-4-7(12)10(13)11(6)17-2/h3-5H,14H2,1-2H3. The van der Waals surface area contributed by atoms with Crippen molar-refractivity contribution >= 4 is 17.4 Å². The van der Waals surface area contributed by atoms with Crippen LogP contribution in [0.15, 0.2) is 18.2 Å². The summed E-state index contributed by atoms with van der Waals surface area (Å²) >= 11 is 5.68. The van der Waals surface area contributed by atoms with Crippen molar-refractivity contribution < 1.29 is 9.13 Å². The van der Waals surface area contributed by atoms with Gasteiger partial charge in [0.2, 0.25) is 0 Å². The molecular weight excluding hydrogens is 245 g/mol. The van der Waals surface area contributed by atoms with E-state index in [1.807, 2.05) is 0 Å². The molecule has 0 aliphatic rings. The van der Waals surface area contributed by atoms with E-state index in [-0.39, 0.29) is 10.8 Å². The minimum atomic E-state index is -0.601. The third-order valence-corrected chi connectivity index (χ3v) is 2.74. The first-order valence-electron chi connectivity index (χ1n) is 4.86. The molecule has 90 valence electrons. The van der Waals surface area contributed by atoms with Gasteiger partial charge >= 0.3 is 0 Å². The molecule has 0 aliphatic carbocycles. The van der Waals surface area contributed by atoms with Gasteiger partial charge in [0.1, 0.15) is 5.82 Å². The van der Waals surface area contributed by atoms with E-state index in [2.05, 4.69) is 5.10 Å². The van der Waals surface area contributed by atoms with Gasteiger partial charge in [-0.3, -0.25) is 4.68 Å². The second kappa shape index (κ2) is 4.25. The van der Waals surface area contributed by atoms with Crippen LogP contribution in [0.3, 0.4) is 0 Å². The number of hydrogen-bond donors (Lipinski definition) is 1. The molecule has 1 aromatic carbocycles. The van der Waals surface area contributed by atoms with Gasteiger partial charge in [-0.1, -0.05) is 11.6 Å². The van der Waals surface area contributed by atoms with Gasteiger partial charge in [0, 0.05) is 18.7 Å². The third kappa shape index (κ3) is 1.93. The van der Waals surface area contributed by atoms with Crippen LogP contribution in [-0.4, -0.2) is 16.9 Å². The number of nitrogens with two attached hydrogens (primary N) is 1. The van der Waals surface area contributed by atoms with Gasteiger partial charge in [-0.2, -0.15) is 5.10 Å². The topological polar surface area (TPSA) is 53.1 Å². The molecule has 0 amide bonds. The first-order chi connectivity index (χ1) is 8.04. The van der Waals surface area contributed by atoms with Gasteiger partial charge in [0.25, 0.3) is 0 Å². The van der Waals surface area contributed by atoms with Crippen LogP contribution in [0, 0.1) is 5.82 Å². The Balaban J connectivity index is 2.63. The summed E-state index contributed by atoms with van der Waals surface area (Å²) in [7, 11) is 3.09. The average molecular weight is 256 g/mol. The zero-order valence-corrected chi connectivity index (χ0v) is 10.1. The summed E-state index contributed by atoms with van der Waals surface area (Å²) < 4.78 is 20.2. The normalized spacial score (nSPS) is 10.6. The Hall–Kier alpha value is -1.75. The number of aromatic nitrogens is 2. The van der Waals surface area contributed by atoms with Crippen LogP contribution in [0.2, 0.25) is 5.02 Å². The molecule has 17 heavy (non-hydrogen) atoms. The highest BCUT2D eigenvalue weighted by atomic mass is 35.5. The van der Waals surface area contributed by atoms with Crippen molar-refractivity contribution in [3.05, 3.63) is 29.0 Å². The monoisotopic (exact) mass is 255 g/mol. The maximum Gasteiger partial charge on any atom is 0.184 e. The van der Waals surface area contributed by atoms with Gasteiger partial charge in [-0.25, -0.2) is 4.39 Å². The number of nitrogens with zero attached hydrogens (tertiary/aromatic N) is 2. The molecule has 2 N–H and O–H groups in total. The van der Waals surface area contributed by atoms with E-state index < -0.39 is 5.82 Å². The number of halogens is 2. The van der Waals surface area contributed by atoms with Crippen molar-refractivity contribution in [3.63, 3.8) is 0 Å². The van der Waals surface area contributed by atoms with Gasteiger partial charge in [0.05, 0.1) is 17.8 Å². The molecule has 0 spiro atoms. The Bertz CT molecular complexity index is 549. The van der Waals surface area contributed by atoms with Crippen molar-refractivity contribution in [1.82, 2.24) is 9.78 Å². The number of aryl methyl sites for hydroxylation is 1. The lowest BCUT2D eigenvalue weighted by molar-refractivity contribution is 0.388. The van der Waals surface area contributed by atoms with Crippen molar-refractivity contribution in [3.8, 4) is 17.0 Å². The molecule has 0 fully saturated rings. The number of hydrogen-bond acceptors (Lipinski definition) is 3. The molecular formula is C11H11ClFN3O. The summed E-state index contributed by atoms with van der Waals surface area (Å²) in [5.41, 5.74) is 6.73. The Morgan fingerprint density at radius 2 is 2.18 bits per heavy atom. The van der Waals surface area contributed by atoms with E-state index >= 15 is 0 Å². The molecule has 1 aromatic heterocycles.